The average Bonchev–Trinajstić information content (AvgIpc) is 3.18. The number of rotatable bonds is 4. The summed E-state index contributed by atoms with van der Waals surface area (Å²) < 4.78 is 27.1. The zero-order chi connectivity index (χ0) is 23.9. The SMILES string of the molecule is Cc1ccc(C#N)nc1CN1CCC(c2cccc3c2OC(C)(c2ccc(Cl)cc2F)O3)CC1. The van der Waals surface area contributed by atoms with Gasteiger partial charge in [-0.15, -0.1) is 0 Å². The lowest BCUT2D eigenvalue weighted by Crippen LogP contribution is -2.34. The third-order valence-electron chi connectivity index (χ3n) is 6.75. The van der Waals surface area contributed by atoms with Gasteiger partial charge in [-0.25, -0.2) is 9.37 Å². The molecule has 2 aliphatic rings. The molecule has 0 radical (unpaired) electrons. The van der Waals surface area contributed by atoms with E-state index in [1.165, 1.54) is 6.07 Å². The van der Waals surface area contributed by atoms with Crippen molar-refractivity contribution in [1.82, 2.24) is 9.88 Å². The number of hydrogen-bond acceptors (Lipinski definition) is 5. The lowest BCUT2D eigenvalue weighted by molar-refractivity contribution is -0.0712. The second-order valence-corrected chi connectivity index (χ2v) is 9.51. The zero-order valence-corrected chi connectivity index (χ0v) is 19.9. The first kappa shape index (κ1) is 22.6. The first-order chi connectivity index (χ1) is 16.4. The van der Waals surface area contributed by atoms with Crippen LogP contribution in [0.2, 0.25) is 5.02 Å². The number of benzene rings is 2. The van der Waals surface area contributed by atoms with Crippen LogP contribution in [-0.2, 0) is 12.3 Å². The van der Waals surface area contributed by atoms with E-state index in [4.69, 9.17) is 26.3 Å². The Balaban J connectivity index is 1.31. The fourth-order valence-electron chi connectivity index (χ4n) is 4.84. The van der Waals surface area contributed by atoms with Crippen molar-refractivity contribution in [3.63, 3.8) is 0 Å². The highest BCUT2D eigenvalue weighted by atomic mass is 35.5. The molecule has 2 aromatic carbocycles. The molecular formula is C27H25ClFN3O2. The Hall–Kier alpha value is -3.14. The number of likely N-dealkylation sites (tertiary alicyclic amines) is 1. The second-order valence-electron chi connectivity index (χ2n) is 9.07. The molecule has 1 atom stereocenters. The summed E-state index contributed by atoms with van der Waals surface area (Å²) in [5.41, 5.74) is 3.91. The average molecular weight is 478 g/mol. The maximum Gasteiger partial charge on any atom is 0.278 e. The Labute approximate surface area is 203 Å². The summed E-state index contributed by atoms with van der Waals surface area (Å²) in [6.07, 6.45) is 1.92. The highest BCUT2D eigenvalue weighted by Gasteiger charge is 2.42. The van der Waals surface area contributed by atoms with Gasteiger partial charge in [-0.2, -0.15) is 5.26 Å². The number of ether oxygens (including phenoxy) is 2. The summed E-state index contributed by atoms with van der Waals surface area (Å²) in [5.74, 6) is -0.0707. The first-order valence-corrected chi connectivity index (χ1v) is 11.8. The monoisotopic (exact) mass is 477 g/mol. The number of aromatic nitrogens is 1. The molecule has 1 fully saturated rings. The van der Waals surface area contributed by atoms with E-state index in [1.54, 1.807) is 25.1 Å². The molecule has 7 heteroatoms. The molecule has 2 aliphatic heterocycles. The van der Waals surface area contributed by atoms with E-state index < -0.39 is 11.6 Å². The molecule has 0 bridgehead atoms. The molecule has 3 heterocycles. The van der Waals surface area contributed by atoms with Crippen molar-refractivity contribution in [2.45, 2.75) is 44.9 Å². The van der Waals surface area contributed by atoms with E-state index in [9.17, 15) is 4.39 Å². The topological polar surface area (TPSA) is 58.4 Å². The van der Waals surface area contributed by atoms with Gasteiger partial charge >= 0.3 is 0 Å². The number of pyridine rings is 1. The Morgan fingerprint density at radius 2 is 1.97 bits per heavy atom. The summed E-state index contributed by atoms with van der Waals surface area (Å²) in [4.78, 5) is 6.86. The molecule has 174 valence electrons. The van der Waals surface area contributed by atoms with E-state index >= 15 is 0 Å². The highest BCUT2D eigenvalue weighted by Crippen LogP contribution is 2.49. The third-order valence-corrected chi connectivity index (χ3v) is 6.98. The summed E-state index contributed by atoms with van der Waals surface area (Å²) in [6.45, 7) is 6.32. The van der Waals surface area contributed by atoms with Crippen LogP contribution in [0.4, 0.5) is 4.39 Å². The fraction of sp³-hybridized carbons (Fsp3) is 0.333. The Morgan fingerprint density at radius 1 is 1.18 bits per heavy atom. The number of nitrogens with zero attached hydrogens (tertiary/aromatic N) is 3. The van der Waals surface area contributed by atoms with Crippen molar-refractivity contribution in [2.75, 3.05) is 13.1 Å². The molecule has 0 aliphatic carbocycles. The van der Waals surface area contributed by atoms with E-state index in [0.717, 1.165) is 49.3 Å². The van der Waals surface area contributed by atoms with Gasteiger partial charge in [0.15, 0.2) is 11.5 Å². The van der Waals surface area contributed by atoms with Crippen LogP contribution in [0.1, 0.15) is 53.8 Å². The highest BCUT2D eigenvalue weighted by molar-refractivity contribution is 6.30. The van der Waals surface area contributed by atoms with Crippen molar-refractivity contribution in [1.29, 1.82) is 5.26 Å². The normalized spacial score (nSPS) is 20.3. The van der Waals surface area contributed by atoms with Crippen LogP contribution in [0.25, 0.3) is 0 Å². The van der Waals surface area contributed by atoms with Gasteiger partial charge in [0.1, 0.15) is 17.6 Å². The molecule has 5 rings (SSSR count). The number of aryl methyl sites for hydroxylation is 1. The van der Waals surface area contributed by atoms with Gasteiger partial charge in [0.25, 0.3) is 5.79 Å². The van der Waals surface area contributed by atoms with E-state index in [2.05, 4.69) is 22.0 Å². The summed E-state index contributed by atoms with van der Waals surface area (Å²) in [7, 11) is 0. The van der Waals surface area contributed by atoms with Crippen LogP contribution in [0.5, 0.6) is 11.5 Å². The molecule has 5 nitrogen and oxygen atoms in total. The lowest BCUT2D eigenvalue weighted by Gasteiger charge is -2.32. The summed E-state index contributed by atoms with van der Waals surface area (Å²) in [6, 6.07) is 16.3. The van der Waals surface area contributed by atoms with Crippen LogP contribution in [0.3, 0.4) is 0 Å². The minimum atomic E-state index is -1.25. The zero-order valence-electron chi connectivity index (χ0n) is 19.1. The van der Waals surface area contributed by atoms with Gasteiger partial charge in [0, 0.05) is 24.1 Å². The van der Waals surface area contributed by atoms with E-state index in [1.807, 2.05) is 25.1 Å². The van der Waals surface area contributed by atoms with Crippen LogP contribution in [0, 0.1) is 24.1 Å². The standard InChI is InChI=1S/C27H25ClFN3O2/c1-17-6-8-20(15-30)31-24(17)16-32-12-10-18(11-13-32)21-4-3-5-25-26(21)34-27(2,33-25)22-9-7-19(28)14-23(22)29/h3-9,14,18H,10-13,16H2,1-2H3. The van der Waals surface area contributed by atoms with Gasteiger partial charge in [0.2, 0.25) is 0 Å². The van der Waals surface area contributed by atoms with Crippen LogP contribution in [0.15, 0.2) is 48.5 Å². The smallest absolute Gasteiger partial charge is 0.278 e. The minimum absolute atomic E-state index is 0.312. The lowest BCUT2D eigenvalue weighted by atomic mass is 9.88. The van der Waals surface area contributed by atoms with E-state index in [0.29, 0.717) is 33.7 Å². The van der Waals surface area contributed by atoms with Crippen molar-refractivity contribution in [3.05, 3.63) is 87.4 Å². The molecule has 1 saturated heterocycles. The first-order valence-electron chi connectivity index (χ1n) is 11.4. The summed E-state index contributed by atoms with van der Waals surface area (Å²) >= 11 is 5.93. The molecule has 0 saturated carbocycles. The van der Waals surface area contributed by atoms with Gasteiger partial charge in [0.05, 0.1) is 11.3 Å². The fourth-order valence-corrected chi connectivity index (χ4v) is 5.00. The quantitative estimate of drug-likeness (QED) is 0.456. The molecule has 0 amide bonds. The Bertz CT molecular complexity index is 1280. The van der Waals surface area contributed by atoms with Gasteiger partial charge in [-0.3, -0.25) is 4.90 Å². The molecule has 1 unspecified atom stereocenters. The third kappa shape index (κ3) is 4.22. The molecular weight excluding hydrogens is 453 g/mol. The van der Waals surface area contributed by atoms with Crippen molar-refractivity contribution < 1.29 is 13.9 Å². The molecule has 34 heavy (non-hydrogen) atoms. The number of hydrogen-bond donors (Lipinski definition) is 0. The molecule has 1 aromatic heterocycles. The number of fused-ring (bicyclic) bond motifs is 1. The Morgan fingerprint density at radius 3 is 2.71 bits per heavy atom. The minimum Gasteiger partial charge on any atom is -0.444 e. The maximum atomic E-state index is 14.7. The molecule has 0 N–H and O–H groups in total. The van der Waals surface area contributed by atoms with Crippen LogP contribution >= 0.6 is 11.6 Å². The number of piperidine rings is 1. The van der Waals surface area contributed by atoms with Crippen molar-refractivity contribution in [2.24, 2.45) is 0 Å². The van der Waals surface area contributed by atoms with Crippen molar-refractivity contribution >= 4 is 11.6 Å². The number of halogens is 2. The predicted octanol–water partition coefficient (Wildman–Crippen LogP) is 6.08. The van der Waals surface area contributed by atoms with Gasteiger partial charge in [-0.1, -0.05) is 29.8 Å². The predicted molar refractivity (Wildman–Crippen MR) is 127 cm³/mol. The molecule has 3 aromatic rings. The van der Waals surface area contributed by atoms with Gasteiger partial charge in [-0.05, 0) is 74.7 Å². The van der Waals surface area contributed by atoms with Crippen molar-refractivity contribution in [3.8, 4) is 17.6 Å². The van der Waals surface area contributed by atoms with Gasteiger partial charge < -0.3 is 9.47 Å². The summed E-state index contributed by atoms with van der Waals surface area (Å²) in [5, 5.41) is 9.49. The second kappa shape index (κ2) is 8.90. The number of para-hydroxylation sites is 1. The maximum absolute atomic E-state index is 14.7. The van der Waals surface area contributed by atoms with Crippen LogP contribution in [-0.4, -0.2) is 23.0 Å². The van der Waals surface area contributed by atoms with Crippen LogP contribution < -0.4 is 9.47 Å². The van der Waals surface area contributed by atoms with E-state index in [-0.39, 0.29) is 0 Å². The number of nitriles is 1. The molecule has 0 spiro atoms. The Kier molecular flexibility index (Phi) is 5.93. The largest absolute Gasteiger partial charge is 0.444 e.